The van der Waals surface area contributed by atoms with Gasteiger partial charge < -0.3 is 10.4 Å². The molecule has 0 unspecified atom stereocenters. The average molecular weight is 305 g/mol. The molecule has 0 aliphatic carbocycles. The van der Waals surface area contributed by atoms with Crippen LogP contribution in [-0.4, -0.2) is 16.0 Å². The molecule has 2 rings (SSSR count). The first-order valence-corrected chi connectivity index (χ1v) is 7.06. The lowest BCUT2D eigenvalue weighted by atomic mass is 10.1. The van der Waals surface area contributed by atoms with Gasteiger partial charge in [-0.2, -0.15) is 0 Å². The fourth-order valence-corrected chi connectivity index (χ4v) is 2.11. The number of carbonyl (C=O) groups is 1. The molecule has 0 aliphatic heterocycles. The third-order valence-electron chi connectivity index (χ3n) is 3.04. The first-order chi connectivity index (χ1) is 9.99. The molecule has 2 aromatic rings. The van der Waals surface area contributed by atoms with Crippen molar-refractivity contribution in [1.29, 1.82) is 0 Å². The number of nitrogens with zero attached hydrogens (tertiary/aromatic N) is 1. The van der Waals surface area contributed by atoms with Crippen LogP contribution in [-0.2, 0) is 6.61 Å². The summed E-state index contributed by atoms with van der Waals surface area (Å²) < 4.78 is 0. The molecule has 0 radical (unpaired) electrons. The second-order valence-electron chi connectivity index (χ2n) is 5.07. The number of benzene rings is 1. The monoisotopic (exact) mass is 304 g/mol. The van der Waals surface area contributed by atoms with E-state index in [1.54, 1.807) is 36.4 Å². The van der Waals surface area contributed by atoms with Crippen molar-refractivity contribution < 1.29 is 9.90 Å². The summed E-state index contributed by atoms with van der Waals surface area (Å²) in [5.74, 6) is -0.0655. The number of aromatic nitrogens is 1. The predicted octanol–water partition coefficient (Wildman–Crippen LogP) is 3.60. The number of amides is 1. The zero-order valence-electron chi connectivity index (χ0n) is 11.9. The summed E-state index contributed by atoms with van der Waals surface area (Å²) in [6, 6.07) is 10.3. The second kappa shape index (κ2) is 6.70. The van der Waals surface area contributed by atoms with Crippen molar-refractivity contribution in [2.24, 2.45) is 0 Å². The van der Waals surface area contributed by atoms with E-state index in [4.69, 9.17) is 16.7 Å². The van der Waals surface area contributed by atoms with Crippen molar-refractivity contribution in [2.75, 3.05) is 5.32 Å². The minimum absolute atomic E-state index is 0.0672. The van der Waals surface area contributed by atoms with Gasteiger partial charge in [-0.05, 0) is 35.7 Å². The summed E-state index contributed by atoms with van der Waals surface area (Å²) >= 11 is 5.96. The number of pyridine rings is 1. The number of aliphatic hydroxyl groups is 1. The molecule has 0 saturated heterocycles. The normalized spacial score (nSPS) is 10.7. The van der Waals surface area contributed by atoms with Gasteiger partial charge in [-0.3, -0.25) is 4.79 Å². The Labute approximate surface area is 128 Å². The van der Waals surface area contributed by atoms with E-state index in [1.165, 1.54) is 0 Å². The lowest BCUT2D eigenvalue weighted by Crippen LogP contribution is -2.13. The summed E-state index contributed by atoms with van der Waals surface area (Å²) in [5, 5.41) is 12.2. The highest BCUT2D eigenvalue weighted by molar-refractivity contribution is 6.29. The molecule has 1 aromatic carbocycles. The van der Waals surface area contributed by atoms with E-state index in [-0.39, 0.29) is 18.4 Å². The van der Waals surface area contributed by atoms with Crippen LogP contribution in [0.5, 0.6) is 0 Å². The Hall–Kier alpha value is -1.91. The number of anilines is 1. The Kier molecular flexibility index (Phi) is 4.94. The first-order valence-electron chi connectivity index (χ1n) is 6.68. The van der Waals surface area contributed by atoms with E-state index < -0.39 is 0 Å². The zero-order chi connectivity index (χ0) is 15.4. The molecule has 0 aliphatic rings. The van der Waals surface area contributed by atoms with Gasteiger partial charge in [-0.25, -0.2) is 4.98 Å². The Balaban J connectivity index is 2.23. The molecule has 0 atom stereocenters. The summed E-state index contributed by atoms with van der Waals surface area (Å²) in [7, 11) is 0. The molecule has 4 nitrogen and oxygen atoms in total. The molecule has 2 N–H and O–H groups in total. The Morgan fingerprint density at radius 1 is 1.33 bits per heavy atom. The smallest absolute Gasteiger partial charge is 0.255 e. The molecule has 0 spiro atoms. The number of halogens is 1. The van der Waals surface area contributed by atoms with Crippen molar-refractivity contribution >= 4 is 23.2 Å². The Morgan fingerprint density at radius 2 is 2.10 bits per heavy atom. The highest BCUT2D eigenvalue weighted by Crippen LogP contribution is 2.19. The van der Waals surface area contributed by atoms with Gasteiger partial charge in [-0.15, -0.1) is 0 Å². The van der Waals surface area contributed by atoms with Crippen LogP contribution in [0.2, 0.25) is 5.15 Å². The maximum absolute atomic E-state index is 12.3. The minimum atomic E-state index is -0.253. The van der Waals surface area contributed by atoms with E-state index in [9.17, 15) is 4.79 Å². The van der Waals surface area contributed by atoms with Gasteiger partial charge in [0.1, 0.15) is 5.15 Å². The number of rotatable bonds is 4. The maximum atomic E-state index is 12.3. The number of carbonyl (C=O) groups excluding carboxylic acids is 1. The highest BCUT2D eigenvalue weighted by Gasteiger charge is 2.11. The SMILES string of the molecule is CC(C)c1cc(C(=O)Nc2cccc(CO)c2)cc(Cl)n1. The molecule has 1 aromatic heterocycles. The van der Waals surface area contributed by atoms with Crippen LogP contribution in [0.4, 0.5) is 5.69 Å². The molecule has 0 bridgehead atoms. The van der Waals surface area contributed by atoms with Gasteiger partial charge in [0, 0.05) is 16.9 Å². The van der Waals surface area contributed by atoms with E-state index in [2.05, 4.69) is 10.3 Å². The first kappa shape index (κ1) is 15.5. The van der Waals surface area contributed by atoms with Crippen LogP contribution < -0.4 is 5.32 Å². The van der Waals surface area contributed by atoms with Crippen LogP contribution >= 0.6 is 11.6 Å². The molecule has 110 valence electrons. The van der Waals surface area contributed by atoms with Crippen molar-refractivity contribution in [3.63, 3.8) is 0 Å². The second-order valence-corrected chi connectivity index (χ2v) is 5.46. The molecule has 1 amide bonds. The fraction of sp³-hybridized carbons (Fsp3) is 0.250. The van der Waals surface area contributed by atoms with E-state index in [1.807, 2.05) is 13.8 Å². The minimum Gasteiger partial charge on any atom is -0.392 e. The van der Waals surface area contributed by atoms with Gasteiger partial charge in [0.15, 0.2) is 0 Å². The summed E-state index contributed by atoms with van der Waals surface area (Å²) in [4.78, 5) is 16.5. The molecule has 0 fully saturated rings. The third kappa shape index (κ3) is 4.03. The van der Waals surface area contributed by atoms with Crippen LogP contribution in [0.25, 0.3) is 0 Å². The summed E-state index contributed by atoms with van der Waals surface area (Å²) in [6.07, 6.45) is 0. The molecular weight excluding hydrogens is 288 g/mol. The number of aliphatic hydroxyl groups excluding tert-OH is 1. The summed E-state index contributed by atoms with van der Waals surface area (Å²) in [6.45, 7) is 3.92. The highest BCUT2D eigenvalue weighted by atomic mass is 35.5. The Bertz CT molecular complexity index is 656. The number of hydrogen-bond acceptors (Lipinski definition) is 3. The van der Waals surface area contributed by atoms with Gasteiger partial charge in [0.05, 0.1) is 6.61 Å². The van der Waals surface area contributed by atoms with Crippen molar-refractivity contribution in [2.45, 2.75) is 26.4 Å². The number of hydrogen-bond donors (Lipinski definition) is 2. The largest absolute Gasteiger partial charge is 0.392 e. The van der Waals surface area contributed by atoms with Crippen LogP contribution in [0.15, 0.2) is 36.4 Å². The topological polar surface area (TPSA) is 62.2 Å². The predicted molar refractivity (Wildman–Crippen MR) is 83.7 cm³/mol. The third-order valence-corrected chi connectivity index (χ3v) is 3.23. The lowest BCUT2D eigenvalue weighted by molar-refractivity contribution is 0.102. The van der Waals surface area contributed by atoms with Crippen molar-refractivity contribution in [3.8, 4) is 0 Å². The molecule has 5 heteroatoms. The quantitative estimate of drug-likeness (QED) is 0.848. The van der Waals surface area contributed by atoms with Gasteiger partial charge in [0.2, 0.25) is 0 Å². The molecule has 0 saturated carbocycles. The van der Waals surface area contributed by atoms with Crippen molar-refractivity contribution in [3.05, 3.63) is 58.4 Å². The van der Waals surface area contributed by atoms with E-state index in [0.717, 1.165) is 11.3 Å². The van der Waals surface area contributed by atoms with Gasteiger partial charge in [0.25, 0.3) is 5.91 Å². The van der Waals surface area contributed by atoms with Crippen LogP contribution in [0, 0.1) is 0 Å². The Morgan fingerprint density at radius 3 is 2.76 bits per heavy atom. The van der Waals surface area contributed by atoms with E-state index >= 15 is 0 Å². The van der Waals surface area contributed by atoms with E-state index in [0.29, 0.717) is 16.4 Å². The maximum Gasteiger partial charge on any atom is 0.255 e. The van der Waals surface area contributed by atoms with Crippen LogP contribution in [0.1, 0.15) is 41.4 Å². The van der Waals surface area contributed by atoms with Gasteiger partial charge >= 0.3 is 0 Å². The molecule has 1 heterocycles. The lowest BCUT2D eigenvalue weighted by Gasteiger charge is -2.10. The molecular formula is C16H17ClN2O2. The zero-order valence-corrected chi connectivity index (χ0v) is 12.7. The summed E-state index contributed by atoms with van der Waals surface area (Å²) in [5.41, 5.74) is 2.61. The van der Waals surface area contributed by atoms with Crippen LogP contribution in [0.3, 0.4) is 0 Å². The van der Waals surface area contributed by atoms with Gasteiger partial charge in [-0.1, -0.05) is 37.6 Å². The number of nitrogens with one attached hydrogen (secondary N) is 1. The molecule has 21 heavy (non-hydrogen) atoms. The average Bonchev–Trinajstić information content (AvgIpc) is 2.46. The fourth-order valence-electron chi connectivity index (χ4n) is 1.89. The van der Waals surface area contributed by atoms with Crippen molar-refractivity contribution in [1.82, 2.24) is 4.98 Å². The standard InChI is InChI=1S/C16H17ClN2O2/c1-10(2)14-7-12(8-15(17)19-14)16(21)18-13-5-3-4-11(6-13)9-20/h3-8,10,20H,9H2,1-2H3,(H,18,21).